The van der Waals surface area contributed by atoms with Gasteiger partial charge in [0.05, 0.1) is 17.8 Å². The fourth-order valence-electron chi connectivity index (χ4n) is 3.56. The summed E-state index contributed by atoms with van der Waals surface area (Å²) in [6.45, 7) is 3.04. The number of amides is 1. The molecule has 1 aliphatic rings. The Bertz CT molecular complexity index is 1110. The Balaban J connectivity index is 1.95. The number of likely N-dealkylation sites (N-methyl/N-ethyl adjacent to an activating group) is 1. The van der Waals surface area contributed by atoms with Crippen molar-refractivity contribution in [1.82, 2.24) is 19.2 Å². The van der Waals surface area contributed by atoms with Crippen LogP contribution in [0.3, 0.4) is 0 Å². The summed E-state index contributed by atoms with van der Waals surface area (Å²) in [6, 6.07) is 5.82. The number of aryl methyl sites for hydroxylation is 1. The zero-order chi connectivity index (χ0) is 19.3. The summed E-state index contributed by atoms with van der Waals surface area (Å²) >= 11 is 0. The summed E-state index contributed by atoms with van der Waals surface area (Å²) in [4.78, 5) is 27.0. The van der Waals surface area contributed by atoms with E-state index in [2.05, 4.69) is 5.10 Å². The lowest BCUT2D eigenvalue weighted by molar-refractivity contribution is 0.0747. The predicted octanol–water partition coefficient (Wildman–Crippen LogP) is 1.74. The van der Waals surface area contributed by atoms with Crippen molar-refractivity contribution in [3.8, 4) is 5.75 Å². The first kappa shape index (κ1) is 17.3. The van der Waals surface area contributed by atoms with E-state index in [1.165, 1.54) is 21.7 Å². The Labute approximate surface area is 154 Å². The summed E-state index contributed by atoms with van der Waals surface area (Å²) in [7, 11) is 1.66. The number of benzene rings is 1. The van der Waals surface area contributed by atoms with Gasteiger partial charge in [0, 0.05) is 20.1 Å². The molecular formula is C19H19FN4O3. The Morgan fingerprint density at radius 2 is 1.89 bits per heavy atom. The van der Waals surface area contributed by atoms with Gasteiger partial charge >= 0.3 is 0 Å². The fraction of sp³-hybridized carbons (Fsp3) is 0.316. The van der Waals surface area contributed by atoms with Gasteiger partial charge in [-0.05, 0) is 24.1 Å². The zero-order valence-corrected chi connectivity index (χ0v) is 15.1. The molecule has 0 aliphatic carbocycles. The summed E-state index contributed by atoms with van der Waals surface area (Å²) in [6.07, 6.45) is 0.535. The Kier molecular flexibility index (Phi) is 3.98. The number of fused-ring (bicyclic) bond motifs is 3. The van der Waals surface area contributed by atoms with Gasteiger partial charge in [-0.2, -0.15) is 5.10 Å². The highest BCUT2D eigenvalue weighted by molar-refractivity contribution is 6.04. The number of hydrogen-bond donors (Lipinski definition) is 1. The highest BCUT2D eigenvalue weighted by atomic mass is 19.1. The maximum Gasteiger partial charge on any atom is 0.280 e. The van der Waals surface area contributed by atoms with Crippen molar-refractivity contribution in [2.24, 2.45) is 0 Å². The second kappa shape index (κ2) is 6.22. The molecule has 0 fully saturated rings. The SMILES string of the molecule is CCc1nn(Cc2ccc(F)cc2)c(=O)c2c(O)c3n(c12)CCN(C)C3=O. The maximum atomic E-state index is 13.1. The molecule has 0 atom stereocenters. The minimum Gasteiger partial charge on any atom is -0.505 e. The molecule has 0 bridgehead atoms. The van der Waals surface area contributed by atoms with Crippen LogP contribution < -0.4 is 5.56 Å². The van der Waals surface area contributed by atoms with Crippen LogP contribution in [0.1, 0.15) is 28.7 Å². The number of aromatic hydroxyl groups is 1. The molecule has 0 saturated carbocycles. The predicted molar refractivity (Wildman–Crippen MR) is 97.5 cm³/mol. The molecule has 1 N–H and O–H groups in total. The lowest BCUT2D eigenvalue weighted by Gasteiger charge is -2.25. The van der Waals surface area contributed by atoms with Crippen molar-refractivity contribution in [3.63, 3.8) is 0 Å². The van der Waals surface area contributed by atoms with Crippen molar-refractivity contribution >= 4 is 16.8 Å². The molecule has 3 heterocycles. The smallest absolute Gasteiger partial charge is 0.280 e. The molecule has 27 heavy (non-hydrogen) atoms. The molecule has 0 spiro atoms. The van der Waals surface area contributed by atoms with Gasteiger partial charge in [0.25, 0.3) is 11.5 Å². The van der Waals surface area contributed by atoms with Crippen molar-refractivity contribution in [1.29, 1.82) is 0 Å². The van der Waals surface area contributed by atoms with E-state index in [-0.39, 0.29) is 35.1 Å². The number of nitrogens with zero attached hydrogens (tertiary/aromatic N) is 4. The van der Waals surface area contributed by atoms with E-state index in [0.717, 1.165) is 0 Å². The number of carbonyl (C=O) groups is 1. The topological polar surface area (TPSA) is 80.4 Å². The van der Waals surface area contributed by atoms with E-state index in [0.29, 0.717) is 36.3 Å². The van der Waals surface area contributed by atoms with Crippen molar-refractivity contribution < 1.29 is 14.3 Å². The average Bonchev–Trinajstić information content (AvgIpc) is 2.96. The van der Waals surface area contributed by atoms with Gasteiger partial charge in [-0.3, -0.25) is 9.59 Å². The minimum absolute atomic E-state index is 0.114. The molecule has 0 saturated heterocycles. The van der Waals surface area contributed by atoms with Crippen LogP contribution in [0.2, 0.25) is 0 Å². The zero-order valence-electron chi connectivity index (χ0n) is 15.1. The normalized spacial score (nSPS) is 14.0. The second-order valence-electron chi connectivity index (χ2n) is 6.69. The number of hydrogen-bond acceptors (Lipinski definition) is 4. The molecule has 1 aliphatic heterocycles. The van der Waals surface area contributed by atoms with Crippen LogP contribution in [-0.4, -0.2) is 43.9 Å². The van der Waals surface area contributed by atoms with Crippen LogP contribution in [-0.2, 0) is 19.5 Å². The molecule has 1 amide bonds. The van der Waals surface area contributed by atoms with E-state index in [1.807, 2.05) is 6.92 Å². The number of rotatable bonds is 3. The summed E-state index contributed by atoms with van der Waals surface area (Å²) in [5.41, 5.74) is 1.53. The first-order valence-electron chi connectivity index (χ1n) is 8.77. The van der Waals surface area contributed by atoms with Gasteiger partial charge < -0.3 is 14.6 Å². The van der Waals surface area contributed by atoms with Gasteiger partial charge in [-0.1, -0.05) is 19.1 Å². The molecule has 8 heteroatoms. The van der Waals surface area contributed by atoms with Crippen LogP contribution in [0.5, 0.6) is 5.75 Å². The summed E-state index contributed by atoms with van der Waals surface area (Å²) < 4.78 is 16.1. The van der Waals surface area contributed by atoms with Crippen molar-refractivity contribution in [2.75, 3.05) is 13.6 Å². The largest absolute Gasteiger partial charge is 0.505 e. The van der Waals surface area contributed by atoms with Gasteiger partial charge in [0.15, 0.2) is 11.4 Å². The molecule has 7 nitrogen and oxygen atoms in total. The highest BCUT2D eigenvalue weighted by Gasteiger charge is 2.32. The molecule has 140 valence electrons. The first-order valence-corrected chi connectivity index (χ1v) is 8.77. The monoisotopic (exact) mass is 370 g/mol. The van der Waals surface area contributed by atoms with Crippen LogP contribution in [0, 0.1) is 5.82 Å². The number of halogens is 1. The molecule has 4 rings (SSSR count). The molecule has 0 unspecified atom stereocenters. The van der Waals surface area contributed by atoms with Gasteiger partial charge in [-0.15, -0.1) is 0 Å². The quantitative estimate of drug-likeness (QED) is 0.762. The lowest BCUT2D eigenvalue weighted by atomic mass is 10.2. The van der Waals surface area contributed by atoms with Crippen molar-refractivity contribution in [2.45, 2.75) is 26.4 Å². The first-order chi connectivity index (χ1) is 12.9. The van der Waals surface area contributed by atoms with Gasteiger partial charge in [0.2, 0.25) is 0 Å². The van der Waals surface area contributed by atoms with Gasteiger partial charge in [-0.25, -0.2) is 9.07 Å². The Morgan fingerprint density at radius 1 is 1.19 bits per heavy atom. The molecule has 1 aromatic carbocycles. The minimum atomic E-state index is -0.471. The Hall–Kier alpha value is -3.16. The van der Waals surface area contributed by atoms with Crippen LogP contribution >= 0.6 is 0 Å². The van der Waals surface area contributed by atoms with E-state index < -0.39 is 5.56 Å². The van der Waals surface area contributed by atoms with Crippen LogP contribution in [0.25, 0.3) is 10.9 Å². The van der Waals surface area contributed by atoms with Crippen LogP contribution in [0.15, 0.2) is 29.1 Å². The van der Waals surface area contributed by atoms with Crippen LogP contribution in [0.4, 0.5) is 4.39 Å². The third kappa shape index (κ3) is 2.59. The number of aromatic nitrogens is 3. The third-order valence-electron chi connectivity index (χ3n) is 4.99. The standard InChI is InChI=1S/C19H19FN4O3/c1-3-13-15-14(17(25)16-19(27)22(2)8-9-23(15)16)18(26)24(21-13)10-11-4-6-12(20)7-5-11/h4-7,25H,3,8-10H2,1-2H3. The van der Waals surface area contributed by atoms with E-state index in [4.69, 9.17) is 0 Å². The summed E-state index contributed by atoms with van der Waals surface area (Å²) in [5, 5.41) is 15.3. The third-order valence-corrected chi connectivity index (χ3v) is 4.99. The summed E-state index contributed by atoms with van der Waals surface area (Å²) in [5.74, 6) is -0.970. The molecule has 2 aromatic heterocycles. The maximum absolute atomic E-state index is 13.1. The second-order valence-corrected chi connectivity index (χ2v) is 6.69. The van der Waals surface area contributed by atoms with Crippen molar-refractivity contribution in [3.05, 3.63) is 57.4 Å². The van der Waals surface area contributed by atoms with Gasteiger partial charge in [0.1, 0.15) is 11.2 Å². The average molecular weight is 370 g/mol. The van der Waals surface area contributed by atoms with E-state index in [9.17, 15) is 19.1 Å². The molecular weight excluding hydrogens is 351 g/mol. The Morgan fingerprint density at radius 3 is 2.56 bits per heavy atom. The highest BCUT2D eigenvalue weighted by Crippen LogP contribution is 2.34. The molecule has 0 radical (unpaired) electrons. The number of carbonyl (C=O) groups excluding carboxylic acids is 1. The van der Waals surface area contributed by atoms with E-state index >= 15 is 0 Å². The molecule has 3 aromatic rings. The fourth-order valence-corrected chi connectivity index (χ4v) is 3.56. The van der Waals surface area contributed by atoms with E-state index in [1.54, 1.807) is 23.7 Å². The lowest BCUT2D eigenvalue weighted by Crippen LogP contribution is -2.37.